The Morgan fingerprint density at radius 2 is 2.04 bits per heavy atom. The van der Waals surface area contributed by atoms with Crippen LogP contribution in [0.1, 0.15) is 26.5 Å². The van der Waals surface area contributed by atoms with Crippen molar-refractivity contribution in [2.24, 2.45) is 0 Å². The summed E-state index contributed by atoms with van der Waals surface area (Å²) in [6, 6.07) is 8.13. The molecule has 1 atom stereocenters. The third kappa shape index (κ3) is 5.62. The highest BCUT2D eigenvalue weighted by Gasteiger charge is 2.10. The minimum Gasteiger partial charge on any atom is -0.494 e. The van der Waals surface area contributed by atoms with Crippen molar-refractivity contribution < 1.29 is 9.53 Å². The van der Waals surface area contributed by atoms with Crippen LogP contribution < -0.4 is 15.4 Å². The fraction of sp³-hybridized carbons (Fsp3) is 0.444. The van der Waals surface area contributed by atoms with Gasteiger partial charge in [-0.3, -0.25) is 4.79 Å². The van der Waals surface area contributed by atoms with Gasteiger partial charge in [0.2, 0.25) is 5.91 Å². The minimum atomic E-state index is 0.00305. The second-order valence-corrected chi connectivity index (χ2v) is 6.40. The molecular formula is C18H25N3O2S. The molecule has 0 bridgehead atoms. The number of rotatable bonds is 9. The first-order chi connectivity index (χ1) is 11.6. The molecule has 6 heteroatoms. The van der Waals surface area contributed by atoms with E-state index in [-0.39, 0.29) is 11.9 Å². The van der Waals surface area contributed by atoms with Crippen LogP contribution in [0.2, 0.25) is 0 Å². The van der Waals surface area contributed by atoms with Crippen LogP contribution in [0.15, 0.2) is 29.6 Å². The molecule has 2 aromatic rings. The smallest absolute Gasteiger partial charge is 0.226 e. The summed E-state index contributed by atoms with van der Waals surface area (Å²) in [7, 11) is 0. The third-order valence-electron chi connectivity index (χ3n) is 3.46. The number of likely N-dealkylation sites (N-methyl/N-ethyl adjacent to an activating group) is 1. The van der Waals surface area contributed by atoms with E-state index in [2.05, 4.69) is 29.5 Å². The molecule has 1 aromatic carbocycles. The van der Waals surface area contributed by atoms with Crippen molar-refractivity contribution in [1.82, 2.24) is 15.6 Å². The van der Waals surface area contributed by atoms with E-state index in [0.29, 0.717) is 19.6 Å². The van der Waals surface area contributed by atoms with Crippen LogP contribution in [0.5, 0.6) is 5.75 Å². The molecule has 1 heterocycles. The maximum absolute atomic E-state index is 12.0. The second kappa shape index (κ2) is 9.39. The second-order valence-electron chi connectivity index (χ2n) is 5.54. The van der Waals surface area contributed by atoms with E-state index in [1.807, 2.05) is 36.6 Å². The molecule has 0 aliphatic rings. The molecule has 5 nitrogen and oxygen atoms in total. The van der Waals surface area contributed by atoms with Gasteiger partial charge in [0, 0.05) is 23.5 Å². The third-order valence-corrected chi connectivity index (χ3v) is 4.40. The topological polar surface area (TPSA) is 63.2 Å². The van der Waals surface area contributed by atoms with Crippen molar-refractivity contribution in [2.45, 2.75) is 33.2 Å². The molecule has 0 aliphatic carbocycles. The fourth-order valence-corrected chi connectivity index (χ4v) is 3.12. The van der Waals surface area contributed by atoms with E-state index in [1.54, 1.807) is 11.3 Å². The van der Waals surface area contributed by atoms with Gasteiger partial charge in [0.05, 0.1) is 18.7 Å². The Morgan fingerprint density at radius 1 is 1.29 bits per heavy atom. The van der Waals surface area contributed by atoms with Crippen LogP contribution in [0, 0.1) is 0 Å². The summed E-state index contributed by atoms with van der Waals surface area (Å²) in [5.41, 5.74) is 1.84. The number of ether oxygens (including phenoxy) is 1. The van der Waals surface area contributed by atoms with Gasteiger partial charge in [-0.2, -0.15) is 0 Å². The number of aromatic nitrogens is 1. The molecule has 0 radical (unpaired) electrons. The largest absolute Gasteiger partial charge is 0.494 e. The monoisotopic (exact) mass is 347 g/mol. The Bertz CT molecular complexity index is 640. The first-order valence-corrected chi connectivity index (χ1v) is 9.18. The Hall–Kier alpha value is -1.92. The van der Waals surface area contributed by atoms with Crippen molar-refractivity contribution in [3.05, 3.63) is 35.3 Å². The van der Waals surface area contributed by atoms with Crippen molar-refractivity contribution in [3.8, 4) is 16.3 Å². The van der Waals surface area contributed by atoms with E-state index in [9.17, 15) is 4.79 Å². The minimum absolute atomic E-state index is 0.00305. The summed E-state index contributed by atoms with van der Waals surface area (Å²) in [5, 5.41) is 9.06. The van der Waals surface area contributed by atoms with Gasteiger partial charge in [0.15, 0.2) is 0 Å². The number of carbonyl (C=O) groups excluding carboxylic acids is 1. The SMILES string of the molecule is CCN[C@H](C)CNC(=O)Cc1csc(-c2ccc(OCC)cc2)n1. The highest BCUT2D eigenvalue weighted by molar-refractivity contribution is 7.13. The highest BCUT2D eigenvalue weighted by atomic mass is 32.1. The van der Waals surface area contributed by atoms with Crippen LogP contribution in [0.4, 0.5) is 0 Å². The summed E-state index contributed by atoms with van der Waals surface area (Å²) in [6.45, 7) is 8.25. The zero-order valence-corrected chi connectivity index (χ0v) is 15.3. The van der Waals surface area contributed by atoms with E-state index in [4.69, 9.17) is 4.74 Å². The van der Waals surface area contributed by atoms with Gasteiger partial charge in [0.25, 0.3) is 0 Å². The molecule has 1 aromatic heterocycles. The number of carbonyl (C=O) groups is 1. The van der Waals surface area contributed by atoms with Gasteiger partial charge in [-0.25, -0.2) is 4.98 Å². The van der Waals surface area contributed by atoms with Crippen molar-refractivity contribution >= 4 is 17.2 Å². The first kappa shape index (κ1) is 18.4. The number of amides is 1. The van der Waals surface area contributed by atoms with Gasteiger partial charge in [-0.1, -0.05) is 6.92 Å². The normalized spacial score (nSPS) is 12.0. The van der Waals surface area contributed by atoms with Crippen LogP contribution >= 0.6 is 11.3 Å². The molecular weight excluding hydrogens is 322 g/mol. The zero-order valence-electron chi connectivity index (χ0n) is 14.5. The van der Waals surface area contributed by atoms with Crippen molar-refractivity contribution in [2.75, 3.05) is 19.7 Å². The highest BCUT2D eigenvalue weighted by Crippen LogP contribution is 2.25. The number of hydrogen-bond donors (Lipinski definition) is 2. The van der Waals surface area contributed by atoms with E-state index >= 15 is 0 Å². The predicted octanol–water partition coefficient (Wildman–Crippen LogP) is 2.87. The maximum Gasteiger partial charge on any atom is 0.226 e. The molecule has 0 saturated heterocycles. The van der Waals surface area contributed by atoms with Gasteiger partial charge in [-0.15, -0.1) is 11.3 Å². The number of hydrogen-bond acceptors (Lipinski definition) is 5. The number of benzene rings is 1. The lowest BCUT2D eigenvalue weighted by Gasteiger charge is -2.12. The van der Waals surface area contributed by atoms with Crippen LogP contribution in [0.25, 0.3) is 10.6 Å². The van der Waals surface area contributed by atoms with E-state index < -0.39 is 0 Å². The quantitative estimate of drug-likeness (QED) is 0.732. The van der Waals surface area contributed by atoms with Crippen LogP contribution in [-0.4, -0.2) is 36.6 Å². The van der Waals surface area contributed by atoms with E-state index in [0.717, 1.165) is 28.6 Å². The average Bonchev–Trinajstić information content (AvgIpc) is 3.03. The maximum atomic E-state index is 12.0. The molecule has 0 saturated carbocycles. The molecule has 0 fully saturated rings. The molecule has 130 valence electrons. The number of thiazole rings is 1. The molecule has 2 rings (SSSR count). The zero-order chi connectivity index (χ0) is 17.4. The standard InChI is InChI=1S/C18H25N3O2S/c1-4-19-13(3)11-20-17(22)10-15-12-24-18(21-15)14-6-8-16(9-7-14)23-5-2/h6-9,12-13,19H,4-5,10-11H2,1-3H3,(H,20,22)/t13-/m1/s1. The Kier molecular flexibility index (Phi) is 7.21. The lowest BCUT2D eigenvalue weighted by molar-refractivity contribution is -0.120. The summed E-state index contributed by atoms with van der Waals surface area (Å²) >= 11 is 1.55. The number of nitrogens with zero attached hydrogens (tertiary/aromatic N) is 1. The van der Waals surface area contributed by atoms with Crippen molar-refractivity contribution in [1.29, 1.82) is 0 Å². The van der Waals surface area contributed by atoms with Gasteiger partial charge < -0.3 is 15.4 Å². The van der Waals surface area contributed by atoms with Gasteiger partial charge in [-0.05, 0) is 44.7 Å². The molecule has 0 unspecified atom stereocenters. The molecule has 0 spiro atoms. The Morgan fingerprint density at radius 3 is 2.71 bits per heavy atom. The number of nitrogens with one attached hydrogen (secondary N) is 2. The lowest BCUT2D eigenvalue weighted by Crippen LogP contribution is -2.39. The summed E-state index contributed by atoms with van der Waals surface area (Å²) in [5.74, 6) is 0.857. The van der Waals surface area contributed by atoms with Crippen LogP contribution in [-0.2, 0) is 11.2 Å². The first-order valence-electron chi connectivity index (χ1n) is 8.30. The summed E-state index contributed by atoms with van der Waals surface area (Å²) < 4.78 is 5.44. The van der Waals surface area contributed by atoms with E-state index in [1.165, 1.54) is 0 Å². The summed E-state index contributed by atoms with van der Waals surface area (Å²) in [6.07, 6.45) is 0.312. The Labute approximate surface area is 147 Å². The van der Waals surface area contributed by atoms with Crippen molar-refractivity contribution in [3.63, 3.8) is 0 Å². The molecule has 2 N–H and O–H groups in total. The molecule has 1 amide bonds. The van der Waals surface area contributed by atoms with Gasteiger partial charge in [0.1, 0.15) is 10.8 Å². The predicted molar refractivity (Wildman–Crippen MR) is 98.6 cm³/mol. The summed E-state index contributed by atoms with van der Waals surface area (Å²) in [4.78, 5) is 16.6. The lowest BCUT2D eigenvalue weighted by atomic mass is 10.2. The van der Waals surface area contributed by atoms with Crippen LogP contribution in [0.3, 0.4) is 0 Å². The van der Waals surface area contributed by atoms with Gasteiger partial charge >= 0.3 is 0 Å². The fourth-order valence-electron chi connectivity index (χ4n) is 2.30. The average molecular weight is 347 g/mol. The molecule has 24 heavy (non-hydrogen) atoms. The molecule has 0 aliphatic heterocycles. The Balaban J connectivity index is 1.89.